The highest BCUT2D eigenvalue weighted by atomic mass is 127. The molecule has 0 radical (unpaired) electrons. The molecule has 1 aromatic heterocycles. The van der Waals surface area contributed by atoms with Gasteiger partial charge >= 0.3 is 0 Å². The molecule has 0 amide bonds. The standard InChI is InChI=1S/C8H4ClIOS/c9-6-7(10)5(11)3-4-1-2-12-8(4)6/h1-3,11H. The molecule has 2 rings (SSSR count). The van der Waals surface area contributed by atoms with Gasteiger partial charge in [0.05, 0.1) is 13.3 Å². The number of phenolic OH excluding ortho intramolecular Hbond substituents is 1. The Morgan fingerprint density at radius 3 is 3.00 bits per heavy atom. The van der Waals surface area contributed by atoms with Crippen LogP contribution in [0.3, 0.4) is 0 Å². The predicted octanol–water partition coefficient (Wildman–Crippen LogP) is 3.86. The van der Waals surface area contributed by atoms with Crippen LogP contribution in [0.1, 0.15) is 0 Å². The van der Waals surface area contributed by atoms with Gasteiger partial charge in [-0.05, 0) is 45.5 Å². The Bertz CT molecular complexity index is 438. The van der Waals surface area contributed by atoms with E-state index in [1.165, 1.54) is 0 Å². The fraction of sp³-hybridized carbons (Fsp3) is 0. The summed E-state index contributed by atoms with van der Waals surface area (Å²) in [6.07, 6.45) is 0. The van der Waals surface area contributed by atoms with Crippen molar-refractivity contribution in [3.05, 3.63) is 26.1 Å². The van der Waals surface area contributed by atoms with Crippen molar-refractivity contribution in [1.82, 2.24) is 0 Å². The number of aromatic hydroxyl groups is 1. The fourth-order valence-electron chi connectivity index (χ4n) is 1.03. The molecule has 0 fully saturated rings. The molecule has 1 heterocycles. The van der Waals surface area contributed by atoms with Crippen molar-refractivity contribution in [2.75, 3.05) is 0 Å². The summed E-state index contributed by atoms with van der Waals surface area (Å²) in [5, 5.41) is 13.0. The summed E-state index contributed by atoms with van der Waals surface area (Å²) in [4.78, 5) is 0. The van der Waals surface area contributed by atoms with Gasteiger partial charge in [-0.15, -0.1) is 11.3 Å². The lowest BCUT2D eigenvalue weighted by Gasteiger charge is -2.00. The minimum Gasteiger partial charge on any atom is -0.507 e. The highest BCUT2D eigenvalue weighted by Gasteiger charge is 2.08. The van der Waals surface area contributed by atoms with Crippen LogP contribution in [-0.2, 0) is 0 Å². The zero-order valence-corrected chi connectivity index (χ0v) is 9.57. The van der Waals surface area contributed by atoms with Crippen molar-refractivity contribution in [1.29, 1.82) is 0 Å². The van der Waals surface area contributed by atoms with Crippen LogP contribution in [0.2, 0.25) is 5.02 Å². The van der Waals surface area contributed by atoms with Gasteiger partial charge in [0.2, 0.25) is 0 Å². The van der Waals surface area contributed by atoms with Gasteiger partial charge in [-0.25, -0.2) is 0 Å². The largest absolute Gasteiger partial charge is 0.507 e. The Kier molecular flexibility index (Phi) is 2.18. The lowest BCUT2D eigenvalue weighted by Crippen LogP contribution is -1.75. The average Bonchev–Trinajstić information content (AvgIpc) is 2.48. The Morgan fingerprint density at radius 1 is 1.50 bits per heavy atom. The average molecular weight is 311 g/mol. The molecule has 0 aliphatic carbocycles. The summed E-state index contributed by atoms with van der Waals surface area (Å²) in [6, 6.07) is 3.68. The smallest absolute Gasteiger partial charge is 0.131 e. The normalized spacial score (nSPS) is 10.8. The van der Waals surface area contributed by atoms with E-state index in [1.807, 2.05) is 34.0 Å². The molecule has 4 heteroatoms. The van der Waals surface area contributed by atoms with Crippen molar-refractivity contribution in [3.63, 3.8) is 0 Å². The molecule has 0 saturated heterocycles. The quantitative estimate of drug-likeness (QED) is 0.733. The number of hydrogen-bond donors (Lipinski definition) is 1. The van der Waals surface area contributed by atoms with Gasteiger partial charge in [-0.3, -0.25) is 0 Å². The van der Waals surface area contributed by atoms with E-state index in [2.05, 4.69) is 0 Å². The molecule has 0 unspecified atom stereocenters. The van der Waals surface area contributed by atoms with Gasteiger partial charge in [0, 0.05) is 0 Å². The lowest BCUT2D eigenvalue weighted by molar-refractivity contribution is 0.472. The second-order valence-corrected chi connectivity index (χ2v) is 4.74. The third-order valence-corrected chi connectivity index (χ3v) is 4.45. The van der Waals surface area contributed by atoms with Gasteiger partial charge < -0.3 is 5.11 Å². The summed E-state index contributed by atoms with van der Waals surface area (Å²) in [5.41, 5.74) is 0. The maximum absolute atomic E-state index is 9.43. The van der Waals surface area contributed by atoms with Crippen LogP contribution in [0.4, 0.5) is 0 Å². The number of thiophene rings is 1. The van der Waals surface area contributed by atoms with E-state index in [0.29, 0.717) is 5.02 Å². The highest BCUT2D eigenvalue weighted by molar-refractivity contribution is 14.1. The monoisotopic (exact) mass is 310 g/mol. The molecule has 0 spiro atoms. The lowest BCUT2D eigenvalue weighted by atomic mass is 10.2. The zero-order valence-electron chi connectivity index (χ0n) is 5.84. The third kappa shape index (κ3) is 1.20. The van der Waals surface area contributed by atoms with Crippen LogP contribution in [0, 0.1) is 3.57 Å². The van der Waals surface area contributed by atoms with E-state index < -0.39 is 0 Å². The van der Waals surface area contributed by atoms with Gasteiger partial charge in [0.25, 0.3) is 0 Å². The van der Waals surface area contributed by atoms with Crippen LogP contribution in [-0.4, -0.2) is 5.11 Å². The van der Waals surface area contributed by atoms with Crippen LogP contribution >= 0.6 is 45.5 Å². The Labute approximate surface area is 92.1 Å². The van der Waals surface area contributed by atoms with Gasteiger partial charge in [0.1, 0.15) is 5.75 Å². The molecule has 0 saturated carbocycles. The number of rotatable bonds is 0. The summed E-state index contributed by atoms with van der Waals surface area (Å²) in [7, 11) is 0. The maximum atomic E-state index is 9.43. The van der Waals surface area contributed by atoms with E-state index in [0.717, 1.165) is 13.7 Å². The highest BCUT2D eigenvalue weighted by Crippen LogP contribution is 2.37. The molecule has 0 aliphatic heterocycles. The van der Waals surface area contributed by atoms with Crippen LogP contribution in [0.5, 0.6) is 5.75 Å². The third-order valence-electron chi connectivity index (χ3n) is 1.60. The van der Waals surface area contributed by atoms with Crippen molar-refractivity contribution in [2.45, 2.75) is 0 Å². The van der Waals surface area contributed by atoms with E-state index in [-0.39, 0.29) is 5.75 Å². The molecular weight excluding hydrogens is 307 g/mol. The molecule has 1 aromatic carbocycles. The Morgan fingerprint density at radius 2 is 2.25 bits per heavy atom. The van der Waals surface area contributed by atoms with Crippen molar-refractivity contribution < 1.29 is 5.11 Å². The summed E-state index contributed by atoms with van der Waals surface area (Å²) in [5.74, 6) is 0.256. The molecular formula is C8H4ClIOS. The number of halogens is 2. The molecule has 0 bridgehead atoms. The minimum absolute atomic E-state index is 0.256. The van der Waals surface area contributed by atoms with Crippen molar-refractivity contribution in [3.8, 4) is 5.75 Å². The second kappa shape index (κ2) is 3.05. The van der Waals surface area contributed by atoms with Crippen LogP contribution < -0.4 is 0 Å². The first kappa shape index (κ1) is 8.59. The van der Waals surface area contributed by atoms with E-state index in [9.17, 15) is 5.11 Å². The summed E-state index contributed by atoms with van der Waals surface area (Å²) in [6.45, 7) is 0. The summed E-state index contributed by atoms with van der Waals surface area (Å²) < 4.78 is 1.77. The Hall–Kier alpha value is -0.000000000000000111. The SMILES string of the molecule is Oc1cc2ccsc2c(Cl)c1I. The topological polar surface area (TPSA) is 20.2 Å². The van der Waals surface area contributed by atoms with Gasteiger partial charge in [-0.2, -0.15) is 0 Å². The molecule has 1 nitrogen and oxygen atoms in total. The second-order valence-electron chi connectivity index (χ2n) is 2.36. The van der Waals surface area contributed by atoms with Gasteiger partial charge in [-0.1, -0.05) is 11.6 Å². The molecule has 12 heavy (non-hydrogen) atoms. The fourth-order valence-corrected chi connectivity index (χ4v) is 2.80. The minimum atomic E-state index is 0.256. The Balaban J connectivity index is 2.94. The number of benzene rings is 1. The van der Waals surface area contributed by atoms with E-state index >= 15 is 0 Å². The predicted molar refractivity (Wildman–Crippen MR) is 61.2 cm³/mol. The van der Waals surface area contributed by atoms with Crippen molar-refractivity contribution in [2.24, 2.45) is 0 Å². The molecule has 0 aliphatic rings. The molecule has 0 atom stereocenters. The van der Waals surface area contributed by atoms with E-state index in [1.54, 1.807) is 17.4 Å². The first-order valence-corrected chi connectivity index (χ1v) is 5.58. The first-order valence-electron chi connectivity index (χ1n) is 3.24. The maximum Gasteiger partial charge on any atom is 0.131 e. The zero-order chi connectivity index (χ0) is 8.72. The molecule has 62 valence electrons. The number of hydrogen-bond acceptors (Lipinski definition) is 2. The molecule has 2 aromatic rings. The van der Waals surface area contributed by atoms with E-state index in [4.69, 9.17) is 11.6 Å². The van der Waals surface area contributed by atoms with Crippen molar-refractivity contribution >= 4 is 55.6 Å². The number of fused-ring (bicyclic) bond motifs is 1. The molecule has 1 N–H and O–H groups in total. The number of phenols is 1. The first-order chi connectivity index (χ1) is 5.70. The van der Waals surface area contributed by atoms with Crippen LogP contribution in [0.25, 0.3) is 10.1 Å². The van der Waals surface area contributed by atoms with Gasteiger partial charge in [0.15, 0.2) is 0 Å². The summed E-state index contributed by atoms with van der Waals surface area (Å²) >= 11 is 9.64. The van der Waals surface area contributed by atoms with Crippen LogP contribution in [0.15, 0.2) is 17.5 Å².